The van der Waals surface area contributed by atoms with Gasteiger partial charge in [0.05, 0.1) is 0 Å². The molecule has 2 unspecified atom stereocenters. The first-order valence-electron chi connectivity index (χ1n) is 8.16. The number of rotatable bonds is 10. The number of hydrogen-bond acceptors (Lipinski definition) is 1. The molecule has 1 aliphatic rings. The molecular weight excluding hydrogens is 232 g/mol. The second-order valence-corrected chi connectivity index (χ2v) is 6.34. The Labute approximate surface area is 119 Å². The van der Waals surface area contributed by atoms with E-state index in [2.05, 4.69) is 38.2 Å². The van der Waals surface area contributed by atoms with Gasteiger partial charge in [-0.05, 0) is 24.2 Å². The van der Waals surface area contributed by atoms with Gasteiger partial charge < -0.3 is 5.11 Å². The quantitative estimate of drug-likeness (QED) is 0.534. The Kier molecular flexibility index (Phi) is 8.13. The molecule has 1 nitrogen and oxygen atoms in total. The summed E-state index contributed by atoms with van der Waals surface area (Å²) < 4.78 is 0. The van der Waals surface area contributed by atoms with E-state index in [0.717, 1.165) is 6.42 Å². The molecule has 0 aromatic rings. The summed E-state index contributed by atoms with van der Waals surface area (Å²) in [4.78, 5) is 0. The van der Waals surface area contributed by atoms with Crippen molar-refractivity contribution in [2.24, 2.45) is 11.3 Å². The summed E-state index contributed by atoms with van der Waals surface area (Å²) >= 11 is 0. The first-order chi connectivity index (χ1) is 9.19. The van der Waals surface area contributed by atoms with E-state index >= 15 is 0 Å². The maximum absolute atomic E-state index is 8.70. The molecular formula is C18H32O. The third kappa shape index (κ3) is 6.42. The van der Waals surface area contributed by atoms with Gasteiger partial charge in [0.2, 0.25) is 0 Å². The van der Waals surface area contributed by atoms with Gasteiger partial charge in [0.25, 0.3) is 0 Å². The van der Waals surface area contributed by atoms with Gasteiger partial charge in [-0.2, -0.15) is 0 Å². The van der Waals surface area contributed by atoms with Crippen molar-refractivity contribution in [3.8, 4) is 0 Å². The van der Waals surface area contributed by atoms with Crippen LogP contribution in [0.4, 0.5) is 0 Å². The van der Waals surface area contributed by atoms with Crippen LogP contribution in [-0.4, -0.2) is 11.7 Å². The third-order valence-corrected chi connectivity index (χ3v) is 4.65. The molecule has 0 radical (unpaired) electrons. The fourth-order valence-corrected chi connectivity index (χ4v) is 2.87. The Balaban J connectivity index is 1.99. The summed E-state index contributed by atoms with van der Waals surface area (Å²) in [6.45, 7) is 5.09. The molecule has 110 valence electrons. The minimum Gasteiger partial charge on any atom is -0.396 e. The molecule has 1 N–H and O–H groups in total. The van der Waals surface area contributed by atoms with Gasteiger partial charge in [0.1, 0.15) is 0 Å². The van der Waals surface area contributed by atoms with Gasteiger partial charge in [-0.25, -0.2) is 0 Å². The molecule has 0 saturated carbocycles. The summed E-state index contributed by atoms with van der Waals surface area (Å²) in [5, 5.41) is 8.70. The second-order valence-electron chi connectivity index (χ2n) is 6.34. The van der Waals surface area contributed by atoms with Crippen LogP contribution in [0.25, 0.3) is 0 Å². The van der Waals surface area contributed by atoms with Crippen LogP contribution in [0, 0.1) is 11.3 Å². The number of unbranched alkanes of at least 4 members (excludes halogenated alkanes) is 7. The standard InChI is InChI=1S/C18H32O/c1-17-13-9-11-15-18(17,2)14-10-7-5-3-4-6-8-12-16-19/h9,11,13,15,17,19H,3-8,10,12,14,16H2,1-2H3. The highest BCUT2D eigenvalue weighted by Gasteiger charge is 2.27. The van der Waals surface area contributed by atoms with Crippen LogP contribution in [0.1, 0.15) is 71.6 Å². The SMILES string of the molecule is CC1C=CC=CC1(C)CCCCCCCCCCO. The summed E-state index contributed by atoms with van der Waals surface area (Å²) in [7, 11) is 0. The number of aliphatic hydroxyl groups excluding tert-OH is 1. The van der Waals surface area contributed by atoms with E-state index in [1.54, 1.807) is 0 Å². The maximum Gasteiger partial charge on any atom is 0.0431 e. The topological polar surface area (TPSA) is 20.2 Å². The van der Waals surface area contributed by atoms with Crippen LogP contribution >= 0.6 is 0 Å². The van der Waals surface area contributed by atoms with E-state index in [-0.39, 0.29) is 0 Å². The molecule has 0 aromatic heterocycles. The largest absolute Gasteiger partial charge is 0.396 e. The highest BCUT2D eigenvalue weighted by molar-refractivity contribution is 5.18. The molecule has 0 fully saturated rings. The zero-order chi connectivity index (χ0) is 14.0. The molecule has 0 saturated heterocycles. The summed E-state index contributed by atoms with van der Waals surface area (Å²) in [6.07, 6.45) is 20.7. The molecule has 19 heavy (non-hydrogen) atoms. The van der Waals surface area contributed by atoms with Crippen molar-refractivity contribution in [2.45, 2.75) is 71.6 Å². The Bertz CT molecular complexity index is 279. The van der Waals surface area contributed by atoms with E-state index in [1.165, 1.54) is 51.4 Å². The number of aliphatic hydroxyl groups is 1. The zero-order valence-electron chi connectivity index (χ0n) is 12.9. The van der Waals surface area contributed by atoms with Crippen LogP contribution in [0.5, 0.6) is 0 Å². The minimum absolute atomic E-state index is 0.360. The van der Waals surface area contributed by atoms with Gasteiger partial charge in [0.15, 0.2) is 0 Å². The van der Waals surface area contributed by atoms with Crippen LogP contribution < -0.4 is 0 Å². The van der Waals surface area contributed by atoms with Crippen LogP contribution in [-0.2, 0) is 0 Å². The predicted octanol–water partition coefficient (Wildman–Crippen LogP) is 5.26. The summed E-state index contributed by atoms with van der Waals surface area (Å²) in [5.74, 6) is 0.677. The molecule has 1 heteroatoms. The smallest absolute Gasteiger partial charge is 0.0431 e. The maximum atomic E-state index is 8.70. The Hall–Kier alpha value is -0.560. The van der Waals surface area contributed by atoms with Crippen molar-refractivity contribution in [1.29, 1.82) is 0 Å². The first-order valence-corrected chi connectivity index (χ1v) is 8.16. The lowest BCUT2D eigenvalue weighted by Crippen LogP contribution is -2.23. The lowest BCUT2D eigenvalue weighted by molar-refractivity contribution is 0.281. The van der Waals surface area contributed by atoms with Crippen molar-refractivity contribution in [1.82, 2.24) is 0 Å². The molecule has 0 bridgehead atoms. The molecule has 2 atom stereocenters. The summed E-state index contributed by atoms with van der Waals surface area (Å²) in [6, 6.07) is 0. The molecule has 0 aromatic carbocycles. The number of hydrogen-bond donors (Lipinski definition) is 1. The Morgan fingerprint density at radius 2 is 1.47 bits per heavy atom. The fourth-order valence-electron chi connectivity index (χ4n) is 2.87. The third-order valence-electron chi connectivity index (χ3n) is 4.65. The van der Waals surface area contributed by atoms with Gasteiger partial charge in [-0.3, -0.25) is 0 Å². The lowest BCUT2D eigenvalue weighted by Gasteiger charge is -2.33. The highest BCUT2D eigenvalue weighted by Crippen LogP contribution is 2.37. The Morgan fingerprint density at radius 3 is 2.05 bits per heavy atom. The van der Waals surface area contributed by atoms with Gasteiger partial charge in [-0.1, -0.05) is 83.1 Å². The Morgan fingerprint density at radius 1 is 0.895 bits per heavy atom. The average molecular weight is 264 g/mol. The van der Waals surface area contributed by atoms with Gasteiger partial charge in [-0.15, -0.1) is 0 Å². The normalized spacial score (nSPS) is 25.9. The van der Waals surface area contributed by atoms with Crippen molar-refractivity contribution in [3.05, 3.63) is 24.3 Å². The number of allylic oxidation sites excluding steroid dienone is 4. The van der Waals surface area contributed by atoms with E-state index in [0.29, 0.717) is 17.9 Å². The van der Waals surface area contributed by atoms with Crippen molar-refractivity contribution in [3.63, 3.8) is 0 Å². The van der Waals surface area contributed by atoms with Crippen molar-refractivity contribution < 1.29 is 5.11 Å². The monoisotopic (exact) mass is 264 g/mol. The molecule has 0 amide bonds. The van der Waals surface area contributed by atoms with E-state index < -0.39 is 0 Å². The van der Waals surface area contributed by atoms with Crippen molar-refractivity contribution in [2.75, 3.05) is 6.61 Å². The van der Waals surface area contributed by atoms with E-state index in [1.807, 2.05) is 0 Å². The van der Waals surface area contributed by atoms with Crippen LogP contribution in [0.3, 0.4) is 0 Å². The molecule has 0 aliphatic heterocycles. The van der Waals surface area contributed by atoms with Gasteiger partial charge >= 0.3 is 0 Å². The molecule has 0 spiro atoms. The highest BCUT2D eigenvalue weighted by atomic mass is 16.2. The van der Waals surface area contributed by atoms with Crippen molar-refractivity contribution >= 4 is 0 Å². The zero-order valence-corrected chi connectivity index (χ0v) is 12.9. The van der Waals surface area contributed by atoms with Crippen LogP contribution in [0.15, 0.2) is 24.3 Å². The van der Waals surface area contributed by atoms with Crippen LogP contribution in [0.2, 0.25) is 0 Å². The summed E-state index contributed by atoms with van der Waals surface area (Å²) in [5.41, 5.74) is 0.385. The average Bonchev–Trinajstić information content (AvgIpc) is 2.41. The molecule has 1 aliphatic carbocycles. The minimum atomic E-state index is 0.360. The fraction of sp³-hybridized carbons (Fsp3) is 0.778. The molecule has 0 heterocycles. The predicted molar refractivity (Wildman–Crippen MR) is 84.2 cm³/mol. The first kappa shape index (κ1) is 16.5. The van der Waals surface area contributed by atoms with E-state index in [4.69, 9.17) is 5.11 Å². The lowest BCUT2D eigenvalue weighted by atomic mass is 9.72. The van der Waals surface area contributed by atoms with E-state index in [9.17, 15) is 0 Å². The molecule has 1 rings (SSSR count). The second kappa shape index (κ2) is 9.36. The van der Waals surface area contributed by atoms with Gasteiger partial charge in [0, 0.05) is 6.61 Å².